The lowest BCUT2D eigenvalue weighted by molar-refractivity contribution is -0.150. The Hall–Kier alpha value is -2.61. The Balaban J connectivity index is 2.64. The quantitative estimate of drug-likeness (QED) is 0.271. The number of esters is 1. The minimum atomic E-state index is -1.24. The molecule has 2 aromatic rings. The zero-order valence-electron chi connectivity index (χ0n) is 24.5. The zero-order chi connectivity index (χ0) is 28.9. The number of benzene rings is 2. The van der Waals surface area contributed by atoms with Crippen LogP contribution in [0.15, 0.2) is 24.3 Å². The van der Waals surface area contributed by atoms with Gasteiger partial charge < -0.3 is 29.5 Å². The Morgan fingerprint density at radius 2 is 1.05 bits per heavy atom. The molecular formula is C31H46O7. The number of phenols is 2. The van der Waals surface area contributed by atoms with Gasteiger partial charge in [-0.05, 0) is 77.1 Å². The van der Waals surface area contributed by atoms with E-state index < -0.39 is 11.4 Å². The first-order valence-electron chi connectivity index (χ1n) is 13.2. The van der Waals surface area contributed by atoms with Crippen molar-refractivity contribution in [3.63, 3.8) is 0 Å². The molecule has 38 heavy (non-hydrogen) atoms. The smallest absolute Gasteiger partial charge is 0.320 e. The highest BCUT2D eigenvalue weighted by Gasteiger charge is 2.45. The van der Waals surface area contributed by atoms with Gasteiger partial charge in [-0.15, -0.1) is 0 Å². The van der Waals surface area contributed by atoms with Gasteiger partial charge in [-0.25, -0.2) is 0 Å². The summed E-state index contributed by atoms with van der Waals surface area (Å²) in [6, 6.07) is 7.24. The molecular weight excluding hydrogens is 484 g/mol. The summed E-state index contributed by atoms with van der Waals surface area (Å²) in [5, 5.41) is 30.0. The van der Waals surface area contributed by atoms with Crippen molar-refractivity contribution in [3.8, 4) is 11.5 Å². The number of rotatable bonds is 11. The van der Waals surface area contributed by atoms with Crippen molar-refractivity contribution in [2.45, 2.75) is 78.6 Å². The van der Waals surface area contributed by atoms with Crippen LogP contribution >= 0.6 is 0 Å². The summed E-state index contributed by atoms with van der Waals surface area (Å²) < 4.78 is 16.6. The third-order valence-corrected chi connectivity index (χ3v) is 6.84. The van der Waals surface area contributed by atoms with Gasteiger partial charge in [0.15, 0.2) is 0 Å². The van der Waals surface area contributed by atoms with Crippen LogP contribution in [0.2, 0.25) is 0 Å². The molecule has 0 aromatic heterocycles. The summed E-state index contributed by atoms with van der Waals surface area (Å²) in [5.74, 6) is -0.0999. The Morgan fingerprint density at radius 1 is 0.658 bits per heavy atom. The number of aromatic hydroxyl groups is 2. The predicted molar refractivity (Wildman–Crippen MR) is 149 cm³/mol. The van der Waals surface area contributed by atoms with Crippen LogP contribution in [0.5, 0.6) is 11.5 Å². The zero-order valence-corrected chi connectivity index (χ0v) is 24.5. The van der Waals surface area contributed by atoms with Crippen molar-refractivity contribution in [1.82, 2.24) is 0 Å². The van der Waals surface area contributed by atoms with Gasteiger partial charge in [-0.1, -0.05) is 53.7 Å². The number of aliphatic hydroxyl groups excluding tert-OH is 1. The van der Waals surface area contributed by atoms with Crippen LogP contribution < -0.4 is 0 Å². The lowest BCUT2D eigenvalue weighted by Crippen LogP contribution is -2.40. The normalized spacial score (nSPS) is 12.6. The summed E-state index contributed by atoms with van der Waals surface area (Å²) in [6.07, 6.45) is 0. The highest BCUT2D eigenvalue weighted by Crippen LogP contribution is 2.46. The topological polar surface area (TPSA) is 105 Å². The first kappa shape index (κ1) is 31.6. The molecule has 7 heteroatoms. The molecule has 2 aromatic carbocycles. The summed E-state index contributed by atoms with van der Waals surface area (Å²) >= 11 is 0. The number of carbonyl (C=O) groups excluding carboxylic acids is 1. The highest BCUT2D eigenvalue weighted by atomic mass is 16.6. The number of hydrogen-bond donors (Lipinski definition) is 3. The van der Waals surface area contributed by atoms with Crippen LogP contribution in [0.4, 0.5) is 0 Å². The molecule has 7 nitrogen and oxygen atoms in total. The lowest BCUT2D eigenvalue weighted by Gasteiger charge is -2.38. The molecule has 212 valence electrons. The molecule has 0 atom stereocenters. The third-order valence-electron chi connectivity index (χ3n) is 6.84. The van der Waals surface area contributed by atoms with Gasteiger partial charge >= 0.3 is 5.97 Å². The van der Waals surface area contributed by atoms with Crippen LogP contribution in [0.3, 0.4) is 0 Å². The molecule has 0 saturated carbocycles. The molecule has 0 saturated heterocycles. The largest absolute Gasteiger partial charge is 0.508 e. The number of phenolic OH excluding ortho intramolecular Hbond substituents is 2. The average molecular weight is 531 g/mol. The van der Waals surface area contributed by atoms with Crippen LogP contribution in [-0.4, -0.2) is 60.9 Å². The first-order valence-corrected chi connectivity index (χ1v) is 13.2. The standard InChI is InChI=1S/C31H46O7/c1-20-16-24(22(18-26(20)33)29(3,4)5)31(9,28(35)38-15-14-37-13-12-36-11-10-32)25-17-21(2)27(34)19-23(25)30(6,7)8/h16-19,32-34H,10-15H2,1-9H3. The monoisotopic (exact) mass is 530 g/mol. The molecule has 0 heterocycles. The van der Waals surface area contributed by atoms with E-state index in [0.717, 1.165) is 22.3 Å². The molecule has 0 aliphatic carbocycles. The Kier molecular flexibility index (Phi) is 10.4. The summed E-state index contributed by atoms with van der Waals surface area (Å²) in [6.45, 7) is 18.9. The van der Waals surface area contributed by atoms with Gasteiger partial charge in [0.1, 0.15) is 23.5 Å². The fourth-order valence-corrected chi connectivity index (χ4v) is 4.55. The van der Waals surface area contributed by atoms with Crippen LogP contribution in [-0.2, 0) is 35.3 Å². The fraction of sp³-hybridized carbons (Fsp3) is 0.581. The molecule has 0 spiro atoms. The van der Waals surface area contributed by atoms with Gasteiger partial charge in [0.25, 0.3) is 0 Å². The van der Waals surface area contributed by atoms with E-state index in [0.29, 0.717) is 24.3 Å². The molecule has 3 N–H and O–H groups in total. The second-order valence-corrected chi connectivity index (χ2v) is 12.1. The van der Waals surface area contributed by atoms with Crippen LogP contribution in [0.1, 0.15) is 81.8 Å². The third kappa shape index (κ3) is 7.28. The molecule has 0 radical (unpaired) electrons. The predicted octanol–water partition coefficient (Wildman–Crippen LogP) is 5.18. The fourth-order valence-electron chi connectivity index (χ4n) is 4.55. The average Bonchev–Trinajstić information content (AvgIpc) is 2.81. The summed E-state index contributed by atoms with van der Waals surface area (Å²) in [7, 11) is 0. The van der Waals surface area contributed by atoms with Crippen LogP contribution in [0, 0.1) is 13.8 Å². The molecule has 0 fully saturated rings. The highest BCUT2D eigenvalue weighted by molar-refractivity contribution is 5.89. The van der Waals surface area contributed by atoms with Crippen molar-refractivity contribution in [2.24, 2.45) is 0 Å². The van der Waals surface area contributed by atoms with E-state index >= 15 is 0 Å². The number of aliphatic hydroxyl groups is 1. The number of aryl methyl sites for hydroxylation is 2. The van der Waals surface area contributed by atoms with E-state index in [4.69, 9.17) is 19.3 Å². The van der Waals surface area contributed by atoms with Gasteiger partial charge in [0, 0.05) is 0 Å². The lowest BCUT2D eigenvalue weighted by atomic mass is 9.65. The van der Waals surface area contributed by atoms with Crippen molar-refractivity contribution in [3.05, 3.63) is 57.6 Å². The molecule has 0 amide bonds. The molecule has 0 aliphatic heterocycles. The maximum atomic E-state index is 14.1. The van der Waals surface area contributed by atoms with Crippen molar-refractivity contribution in [2.75, 3.05) is 39.6 Å². The second-order valence-electron chi connectivity index (χ2n) is 12.1. The Labute approximate surface area is 227 Å². The van der Waals surface area contributed by atoms with Crippen molar-refractivity contribution >= 4 is 5.97 Å². The molecule has 2 rings (SSSR count). The van der Waals surface area contributed by atoms with Gasteiger partial charge in [-0.2, -0.15) is 0 Å². The number of hydrogen-bond acceptors (Lipinski definition) is 7. The SMILES string of the molecule is Cc1cc(C(C)(C(=O)OCCOCCOCCO)c2cc(C)c(O)cc2C(C)(C)C)c(C(C)(C)C)cc1O. The summed E-state index contributed by atoms with van der Waals surface area (Å²) in [4.78, 5) is 14.1. The number of ether oxygens (including phenoxy) is 3. The first-order chi connectivity index (χ1) is 17.5. The summed E-state index contributed by atoms with van der Waals surface area (Å²) in [5.41, 5.74) is 2.48. The van der Waals surface area contributed by atoms with E-state index in [1.165, 1.54) is 0 Å². The second kappa shape index (κ2) is 12.5. The van der Waals surface area contributed by atoms with E-state index in [1.807, 2.05) is 74.4 Å². The van der Waals surface area contributed by atoms with Gasteiger partial charge in [-0.3, -0.25) is 4.79 Å². The van der Waals surface area contributed by atoms with E-state index in [-0.39, 0.29) is 48.8 Å². The number of carbonyl (C=O) groups is 1. The van der Waals surface area contributed by atoms with Gasteiger partial charge in [0.2, 0.25) is 0 Å². The Morgan fingerprint density at radius 3 is 1.45 bits per heavy atom. The molecule has 0 bridgehead atoms. The molecule has 0 unspecified atom stereocenters. The minimum Gasteiger partial charge on any atom is -0.508 e. The maximum Gasteiger partial charge on any atom is 0.320 e. The maximum absolute atomic E-state index is 14.1. The van der Waals surface area contributed by atoms with E-state index in [9.17, 15) is 15.0 Å². The Bertz CT molecular complexity index is 1040. The van der Waals surface area contributed by atoms with E-state index in [1.54, 1.807) is 12.1 Å². The molecule has 0 aliphatic rings. The van der Waals surface area contributed by atoms with Gasteiger partial charge in [0.05, 0.1) is 33.0 Å². The van der Waals surface area contributed by atoms with Crippen molar-refractivity contribution in [1.29, 1.82) is 0 Å². The minimum absolute atomic E-state index is 0.0449. The van der Waals surface area contributed by atoms with Crippen molar-refractivity contribution < 1.29 is 34.3 Å². The van der Waals surface area contributed by atoms with Crippen LogP contribution in [0.25, 0.3) is 0 Å². The van der Waals surface area contributed by atoms with E-state index in [2.05, 4.69) is 0 Å².